The Balaban J connectivity index is 3.63. The number of unbranched alkanes of at least 4 members (excludes halogenated alkanes) is 3. The molecule has 1 N–H and O–H groups in total. The molecular formula is C12H25O4P. The molecule has 102 valence electrons. The minimum atomic E-state index is -0.826. The molecule has 4 nitrogen and oxygen atoms in total. The Hall–Kier alpha value is 0.0100. The molecule has 17 heavy (non-hydrogen) atoms. The van der Waals surface area contributed by atoms with Crippen LogP contribution in [0.2, 0.25) is 0 Å². The maximum Gasteiger partial charge on any atom is 0.170 e. The summed E-state index contributed by atoms with van der Waals surface area (Å²) >= 11 is 0. The van der Waals surface area contributed by atoms with Crippen molar-refractivity contribution >= 4 is 8.38 Å². The zero-order valence-electron chi connectivity index (χ0n) is 10.8. The van der Waals surface area contributed by atoms with Crippen molar-refractivity contribution in [1.29, 1.82) is 0 Å². The van der Waals surface area contributed by atoms with Gasteiger partial charge < -0.3 is 9.05 Å². The maximum absolute atomic E-state index is 8.21. The summed E-state index contributed by atoms with van der Waals surface area (Å²) in [4.78, 5) is 3.98. The van der Waals surface area contributed by atoms with Crippen molar-refractivity contribution < 1.29 is 19.2 Å². The summed E-state index contributed by atoms with van der Waals surface area (Å²) in [5.41, 5.74) is 0. The Morgan fingerprint density at radius 3 is 2.53 bits per heavy atom. The lowest BCUT2D eigenvalue weighted by Crippen LogP contribution is -2.03. The molecular weight excluding hydrogens is 239 g/mol. The van der Waals surface area contributed by atoms with Crippen LogP contribution in [0.25, 0.3) is 0 Å². The van der Waals surface area contributed by atoms with Gasteiger partial charge in [0.25, 0.3) is 0 Å². The van der Waals surface area contributed by atoms with E-state index in [1.165, 1.54) is 12.8 Å². The van der Waals surface area contributed by atoms with Gasteiger partial charge in [0.15, 0.2) is 8.38 Å². The van der Waals surface area contributed by atoms with Crippen LogP contribution in [0.1, 0.15) is 39.0 Å². The third kappa shape index (κ3) is 12.3. The van der Waals surface area contributed by atoms with Crippen molar-refractivity contribution in [2.24, 2.45) is 0 Å². The summed E-state index contributed by atoms with van der Waals surface area (Å²) in [6.07, 6.45) is 8.33. The standard InChI is InChI=1S/C12H25O4P/c1-3-5-7-9-15-17(12-8-6-4-2)16-11-10-14-13/h3,13H,1,4-12H2,2H3. The van der Waals surface area contributed by atoms with Gasteiger partial charge in [0.2, 0.25) is 0 Å². The molecule has 0 saturated heterocycles. The first-order chi connectivity index (χ1) is 8.35. The second-order valence-electron chi connectivity index (χ2n) is 3.69. The van der Waals surface area contributed by atoms with E-state index in [-0.39, 0.29) is 6.61 Å². The van der Waals surface area contributed by atoms with Gasteiger partial charge in [-0.3, -0.25) is 5.26 Å². The van der Waals surface area contributed by atoms with E-state index in [0.29, 0.717) is 13.2 Å². The van der Waals surface area contributed by atoms with E-state index in [1.54, 1.807) is 0 Å². The quantitative estimate of drug-likeness (QED) is 0.180. The van der Waals surface area contributed by atoms with Crippen LogP contribution in [0.4, 0.5) is 0 Å². The average Bonchev–Trinajstić information content (AvgIpc) is 2.34. The highest BCUT2D eigenvalue weighted by atomic mass is 31.2. The van der Waals surface area contributed by atoms with Gasteiger partial charge >= 0.3 is 0 Å². The van der Waals surface area contributed by atoms with E-state index < -0.39 is 8.38 Å². The highest BCUT2D eigenvalue weighted by Crippen LogP contribution is 2.39. The number of hydrogen-bond acceptors (Lipinski definition) is 4. The Kier molecular flexibility index (Phi) is 14.1. The van der Waals surface area contributed by atoms with Gasteiger partial charge in [0.05, 0.1) is 13.2 Å². The van der Waals surface area contributed by atoms with Crippen molar-refractivity contribution in [2.75, 3.05) is 26.0 Å². The number of allylic oxidation sites excluding steroid dienone is 1. The van der Waals surface area contributed by atoms with Crippen LogP contribution in [0.15, 0.2) is 12.7 Å². The van der Waals surface area contributed by atoms with E-state index in [4.69, 9.17) is 14.3 Å². The fourth-order valence-corrected chi connectivity index (χ4v) is 2.65. The van der Waals surface area contributed by atoms with Crippen LogP contribution in [-0.2, 0) is 13.9 Å². The molecule has 1 atom stereocenters. The molecule has 0 radical (unpaired) electrons. The molecule has 0 saturated carbocycles. The van der Waals surface area contributed by atoms with Gasteiger partial charge in [-0.25, -0.2) is 4.89 Å². The highest BCUT2D eigenvalue weighted by molar-refractivity contribution is 7.47. The molecule has 0 spiro atoms. The number of rotatable bonds is 13. The molecule has 0 rings (SSSR count). The second kappa shape index (κ2) is 14.1. The summed E-state index contributed by atoms with van der Waals surface area (Å²) in [6, 6.07) is 0. The van der Waals surface area contributed by atoms with Crippen LogP contribution in [-0.4, -0.2) is 31.2 Å². The van der Waals surface area contributed by atoms with Crippen molar-refractivity contribution in [3.05, 3.63) is 12.7 Å². The van der Waals surface area contributed by atoms with Gasteiger partial charge in [-0.2, -0.15) is 0 Å². The van der Waals surface area contributed by atoms with Crippen LogP contribution in [0.3, 0.4) is 0 Å². The maximum atomic E-state index is 8.21. The molecule has 0 aliphatic heterocycles. The Morgan fingerprint density at radius 1 is 1.12 bits per heavy atom. The van der Waals surface area contributed by atoms with E-state index in [2.05, 4.69) is 18.4 Å². The molecule has 0 aromatic heterocycles. The van der Waals surface area contributed by atoms with Gasteiger partial charge in [0, 0.05) is 6.16 Å². The summed E-state index contributed by atoms with van der Waals surface area (Å²) in [7, 11) is -0.826. The Bertz CT molecular complexity index is 157. The highest BCUT2D eigenvalue weighted by Gasteiger charge is 2.09. The normalized spacial score (nSPS) is 12.6. The van der Waals surface area contributed by atoms with Gasteiger partial charge in [-0.1, -0.05) is 25.8 Å². The lowest BCUT2D eigenvalue weighted by molar-refractivity contribution is -0.245. The van der Waals surface area contributed by atoms with E-state index in [9.17, 15) is 0 Å². The average molecular weight is 264 g/mol. The van der Waals surface area contributed by atoms with Gasteiger partial charge in [0.1, 0.15) is 6.61 Å². The first-order valence-electron chi connectivity index (χ1n) is 6.25. The first kappa shape index (κ1) is 17.0. The zero-order chi connectivity index (χ0) is 12.8. The molecule has 0 bridgehead atoms. The molecule has 0 aliphatic carbocycles. The Morgan fingerprint density at radius 2 is 1.88 bits per heavy atom. The van der Waals surface area contributed by atoms with Gasteiger partial charge in [-0.05, 0) is 19.3 Å². The summed E-state index contributed by atoms with van der Waals surface area (Å²) in [5.74, 6) is 0. The predicted octanol–water partition coefficient (Wildman–Crippen LogP) is 3.98. The molecule has 5 heteroatoms. The van der Waals surface area contributed by atoms with Crippen molar-refractivity contribution in [2.45, 2.75) is 39.0 Å². The van der Waals surface area contributed by atoms with Crippen LogP contribution in [0, 0.1) is 0 Å². The van der Waals surface area contributed by atoms with Crippen LogP contribution in [0.5, 0.6) is 0 Å². The summed E-state index contributed by atoms with van der Waals surface area (Å²) in [6.45, 7) is 7.14. The van der Waals surface area contributed by atoms with Crippen molar-refractivity contribution in [3.8, 4) is 0 Å². The molecule has 0 aromatic carbocycles. The second-order valence-corrected chi connectivity index (χ2v) is 5.32. The minimum absolute atomic E-state index is 0.197. The van der Waals surface area contributed by atoms with Crippen molar-refractivity contribution in [1.82, 2.24) is 0 Å². The smallest absolute Gasteiger partial charge is 0.170 e. The minimum Gasteiger partial charge on any atom is -0.334 e. The molecule has 0 fully saturated rings. The molecule has 0 aliphatic rings. The molecule has 0 amide bonds. The molecule has 1 unspecified atom stereocenters. The lowest BCUT2D eigenvalue weighted by atomic mass is 10.3. The fraction of sp³-hybridized carbons (Fsp3) is 0.833. The van der Waals surface area contributed by atoms with Crippen LogP contribution < -0.4 is 0 Å². The number of hydrogen-bond donors (Lipinski definition) is 1. The predicted molar refractivity (Wildman–Crippen MR) is 71.2 cm³/mol. The van der Waals surface area contributed by atoms with Gasteiger partial charge in [-0.15, -0.1) is 6.58 Å². The van der Waals surface area contributed by atoms with Crippen molar-refractivity contribution in [3.63, 3.8) is 0 Å². The Labute approximate surface area is 106 Å². The third-order valence-electron chi connectivity index (χ3n) is 2.14. The summed E-state index contributed by atoms with van der Waals surface area (Å²) in [5, 5.41) is 8.21. The fourth-order valence-electron chi connectivity index (χ4n) is 1.23. The zero-order valence-corrected chi connectivity index (χ0v) is 11.7. The van der Waals surface area contributed by atoms with E-state index in [0.717, 1.165) is 25.4 Å². The topological polar surface area (TPSA) is 47.9 Å². The third-order valence-corrected chi connectivity index (χ3v) is 3.76. The van der Waals surface area contributed by atoms with Crippen LogP contribution >= 0.6 is 8.38 Å². The molecule has 0 heterocycles. The van der Waals surface area contributed by atoms with E-state index >= 15 is 0 Å². The summed E-state index contributed by atoms with van der Waals surface area (Å²) < 4.78 is 11.2. The largest absolute Gasteiger partial charge is 0.334 e. The van der Waals surface area contributed by atoms with E-state index in [1.807, 2.05) is 6.08 Å². The lowest BCUT2D eigenvalue weighted by Gasteiger charge is -2.16. The SMILES string of the molecule is C=CCCCOP(CCCCC)OCCOO. The monoisotopic (exact) mass is 264 g/mol. The first-order valence-corrected chi connectivity index (χ1v) is 7.62. The molecule has 0 aromatic rings.